The van der Waals surface area contributed by atoms with Crippen LogP contribution in [0.3, 0.4) is 0 Å². The average molecular weight is 269 g/mol. The van der Waals surface area contributed by atoms with Crippen LogP contribution in [-0.2, 0) is 14.9 Å². The van der Waals surface area contributed by atoms with E-state index in [4.69, 9.17) is 9.47 Å². The lowest BCUT2D eigenvalue weighted by Gasteiger charge is -2.48. The third kappa shape index (κ3) is 1.85. The van der Waals surface area contributed by atoms with Gasteiger partial charge in [-0.2, -0.15) is 0 Å². The molecule has 0 aromatic heterocycles. The van der Waals surface area contributed by atoms with E-state index in [-0.39, 0.29) is 11.5 Å². The predicted molar refractivity (Wildman–Crippen MR) is 79.1 cm³/mol. The molecule has 2 aromatic carbocycles. The molecule has 3 heteroatoms. The monoisotopic (exact) mass is 269 g/mol. The largest absolute Gasteiger partial charge is 0.379 e. The van der Waals surface area contributed by atoms with Crippen LogP contribution in [0.5, 0.6) is 0 Å². The average Bonchev–Trinajstić information content (AvgIpc) is 2.47. The van der Waals surface area contributed by atoms with E-state index in [1.165, 1.54) is 16.3 Å². The number of fused-ring (bicyclic) bond motifs is 1. The van der Waals surface area contributed by atoms with Gasteiger partial charge in [0.1, 0.15) is 0 Å². The smallest absolute Gasteiger partial charge is 0.0841 e. The van der Waals surface area contributed by atoms with Gasteiger partial charge < -0.3 is 14.8 Å². The molecule has 2 heterocycles. The van der Waals surface area contributed by atoms with Crippen molar-refractivity contribution in [2.24, 2.45) is 0 Å². The first kappa shape index (κ1) is 12.3. The summed E-state index contributed by atoms with van der Waals surface area (Å²) in [4.78, 5) is 0. The Bertz CT molecular complexity index is 615. The van der Waals surface area contributed by atoms with Crippen LogP contribution in [0.25, 0.3) is 10.8 Å². The summed E-state index contributed by atoms with van der Waals surface area (Å²) in [6.07, 6.45) is 0.214. The Kier molecular flexibility index (Phi) is 2.99. The summed E-state index contributed by atoms with van der Waals surface area (Å²) in [7, 11) is 0. The number of rotatable bonds is 2. The summed E-state index contributed by atoms with van der Waals surface area (Å²) in [6.45, 7) is 4.18. The lowest BCUT2D eigenvalue weighted by molar-refractivity contribution is -0.146. The van der Waals surface area contributed by atoms with Gasteiger partial charge in [-0.25, -0.2) is 0 Å². The van der Waals surface area contributed by atoms with Gasteiger partial charge in [-0.3, -0.25) is 0 Å². The standard InChI is InChI=1S/C17H19NO2/c1-2-4-14-9-15(6-5-13(14)3-1)17(11-19-12-17)16-10-18-7-8-20-16/h1-6,9,16,18H,7-8,10-12H2. The summed E-state index contributed by atoms with van der Waals surface area (Å²) in [5.74, 6) is 0. The number of hydrogen-bond acceptors (Lipinski definition) is 3. The van der Waals surface area contributed by atoms with E-state index in [2.05, 4.69) is 47.8 Å². The van der Waals surface area contributed by atoms with Gasteiger partial charge in [0.05, 0.1) is 31.3 Å². The van der Waals surface area contributed by atoms with Crippen molar-refractivity contribution in [1.29, 1.82) is 0 Å². The van der Waals surface area contributed by atoms with Crippen LogP contribution in [0.2, 0.25) is 0 Å². The maximum absolute atomic E-state index is 6.01. The van der Waals surface area contributed by atoms with E-state index in [1.54, 1.807) is 0 Å². The Morgan fingerprint density at radius 2 is 1.90 bits per heavy atom. The summed E-state index contributed by atoms with van der Waals surface area (Å²) < 4.78 is 11.6. The minimum absolute atomic E-state index is 0.0252. The van der Waals surface area contributed by atoms with E-state index in [0.717, 1.165) is 32.9 Å². The Morgan fingerprint density at radius 1 is 1.05 bits per heavy atom. The van der Waals surface area contributed by atoms with Crippen molar-refractivity contribution in [3.8, 4) is 0 Å². The van der Waals surface area contributed by atoms with Crippen LogP contribution in [0.1, 0.15) is 5.56 Å². The third-order valence-corrected chi connectivity index (χ3v) is 4.59. The highest BCUT2D eigenvalue weighted by atomic mass is 16.5. The zero-order valence-electron chi connectivity index (χ0n) is 11.5. The van der Waals surface area contributed by atoms with Gasteiger partial charge in [0.15, 0.2) is 0 Å². The minimum Gasteiger partial charge on any atom is -0.379 e. The predicted octanol–water partition coefficient (Wildman–Crippen LogP) is 2.10. The van der Waals surface area contributed by atoms with E-state index in [1.807, 2.05) is 0 Å². The molecule has 0 bridgehead atoms. The fourth-order valence-electron chi connectivity index (χ4n) is 3.28. The van der Waals surface area contributed by atoms with Crippen molar-refractivity contribution < 1.29 is 9.47 Å². The van der Waals surface area contributed by atoms with Crippen molar-refractivity contribution in [3.63, 3.8) is 0 Å². The zero-order valence-corrected chi connectivity index (χ0v) is 11.5. The molecule has 2 aromatic rings. The molecule has 0 radical (unpaired) electrons. The van der Waals surface area contributed by atoms with Crippen LogP contribution in [0, 0.1) is 0 Å². The van der Waals surface area contributed by atoms with Crippen molar-refractivity contribution in [2.75, 3.05) is 32.9 Å². The third-order valence-electron chi connectivity index (χ3n) is 4.59. The van der Waals surface area contributed by atoms with Crippen molar-refractivity contribution in [2.45, 2.75) is 11.5 Å². The molecule has 2 saturated heterocycles. The summed E-state index contributed by atoms with van der Waals surface area (Å²) in [6, 6.07) is 15.3. The zero-order chi connectivity index (χ0) is 13.4. The molecular formula is C17H19NO2. The molecule has 0 saturated carbocycles. The van der Waals surface area contributed by atoms with Crippen LogP contribution >= 0.6 is 0 Å². The molecule has 1 N–H and O–H groups in total. The number of nitrogens with one attached hydrogen (secondary N) is 1. The fourth-order valence-corrected chi connectivity index (χ4v) is 3.28. The molecule has 2 aliphatic rings. The first-order chi connectivity index (χ1) is 9.88. The molecular weight excluding hydrogens is 250 g/mol. The highest BCUT2D eigenvalue weighted by Gasteiger charge is 2.48. The maximum atomic E-state index is 6.01. The van der Waals surface area contributed by atoms with Crippen LogP contribution in [0.15, 0.2) is 42.5 Å². The van der Waals surface area contributed by atoms with Gasteiger partial charge in [0.25, 0.3) is 0 Å². The number of benzene rings is 2. The first-order valence-electron chi connectivity index (χ1n) is 7.28. The molecule has 2 fully saturated rings. The number of ether oxygens (including phenoxy) is 2. The topological polar surface area (TPSA) is 30.5 Å². The van der Waals surface area contributed by atoms with Gasteiger partial charge in [0.2, 0.25) is 0 Å². The molecule has 20 heavy (non-hydrogen) atoms. The molecule has 4 rings (SSSR count). The fraction of sp³-hybridized carbons (Fsp3) is 0.412. The van der Waals surface area contributed by atoms with Crippen molar-refractivity contribution in [1.82, 2.24) is 5.32 Å². The van der Waals surface area contributed by atoms with Gasteiger partial charge in [-0.15, -0.1) is 0 Å². The summed E-state index contributed by atoms with van der Waals surface area (Å²) in [5.41, 5.74) is 1.37. The second kappa shape index (κ2) is 4.85. The van der Waals surface area contributed by atoms with E-state index < -0.39 is 0 Å². The van der Waals surface area contributed by atoms with Crippen molar-refractivity contribution in [3.05, 3.63) is 48.0 Å². The highest BCUT2D eigenvalue weighted by Crippen LogP contribution is 2.38. The number of hydrogen-bond donors (Lipinski definition) is 1. The van der Waals surface area contributed by atoms with Gasteiger partial charge >= 0.3 is 0 Å². The summed E-state index contributed by atoms with van der Waals surface area (Å²) in [5, 5.41) is 6.01. The molecule has 0 aliphatic carbocycles. The normalized spacial score (nSPS) is 25.3. The Balaban J connectivity index is 1.75. The quantitative estimate of drug-likeness (QED) is 0.905. The van der Waals surface area contributed by atoms with Crippen molar-refractivity contribution >= 4 is 10.8 Å². The lowest BCUT2D eigenvalue weighted by Crippen LogP contribution is -2.61. The van der Waals surface area contributed by atoms with Crippen LogP contribution in [0.4, 0.5) is 0 Å². The van der Waals surface area contributed by atoms with Gasteiger partial charge in [-0.05, 0) is 16.3 Å². The van der Waals surface area contributed by atoms with Crippen LogP contribution < -0.4 is 5.32 Å². The molecule has 0 spiro atoms. The van der Waals surface area contributed by atoms with Gasteiger partial charge in [-0.1, -0.05) is 42.5 Å². The molecule has 3 nitrogen and oxygen atoms in total. The second-order valence-electron chi connectivity index (χ2n) is 5.77. The molecule has 1 unspecified atom stereocenters. The van der Waals surface area contributed by atoms with E-state index in [0.29, 0.717) is 0 Å². The second-order valence-corrected chi connectivity index (χ2v) is 5.77. The molecule has 1 atom stereocenters. The van der Waals surface area contributed by atoms with Crippen LogP contribution in [-0.4, -0.2) is 39.0 Å². The van der Waals surface area contributed by atoms with E-state index >= 15 is 0 Å². The lowest BCUT2D eigenvalue weighted by atomic mass is 9.73. The molecule has 2 aliphatic heterocycles. The minimum atomic E-state index is 0.0252. The molecule has 0 amide bonds. The van der Waals surface area contributed by atoms with Gasteiger partial charge in [0, 0.05) is 13.1 Å². The maximum Gasteiger partial charge on any atom is 0.0841 e. The first-order valence-corrected chi connectivity index (χ1v) is 7.28. The van der Waals surface area contributed by atoms with E-state index in [9.17, 15) is 0 Å². The SMILES string of the molecule is c1ccc2cc(C3(C4CNCCO4)COC3)ccc2c1. The highest BCUT2D eigenvalue weighted by molar-refractivity contribution is 5.83. The Labute approximate surface area is 118 Å². The summed E-state index contributed by atoms with van der Waals surface area (Å²) >= 11 is 0. The Morgan fingerprint density at radius 3 is 2.60 bits per heavy atom. The number of morpholine rings is 1. The Hall–Kier alpha value is -1.42. The molecule has 104 valence electrons.